The number of anilines is 1. The number of hydrogen-bond donors (Lipinski definition) is 2. The van der Waals surface area contributed by atoms with E-state index in [2.05, 4.69) is 10.3 Å². The molecule has 0 bridgehead atoms. The van der Waals surface area contributed by atoms with Gasteiger partial charge in [-0.05, 0) is 54.1 Å². The second-order valence-corrected chi connectivity index (χ2v) is 8.49. The van der Waals surface area contributed by atoms with E-state index >= 15 is 0 Å². The number of carbonyl (C=O) groups is 1. The highest BCUT2D eigenvalue weighted by Gasteiger charge is 2.19. The maximum Gasteiger partial charge on any atom is 0.322 e. The Morgan fingerprint density at radius 2 is 1.74 bits per heavy atom. The average molecular weight is 492 g/mol. The lowest BCUT2D eigenvalue weighted by atomic mass is 10.1. The first-order valence-electron chi connectivity index (χ1n) is 10.9. The van der Waals surface area contributed by atoms with Crippen LogP contribution in [0.3, 0.4) is 0 Å². The number of fused-ring (bicyclic) bond motifs is 2. The van der Waals surface area contributed by atoms with E-state index in [-0.39, 0.29) is 31.5 Å². The van der Waals surface area contributed by atoms with E-state index in [0.29, 0.717) is 33.3 Å². The largest absolute Gasteiger partial charge is 0.497 e. The Labute approximate surface area is 206 Å². The van der Waals surface area contributed by atoms with Gasteiger partial charge in [-0.1, -0.05) is 23.7 Å². The number of hydrogen-bond acceptors (Lipinski definition) is 5. The minimum Gasteiger partial charge on any atom is -0.497 e. The first-order chi connectivity index (χ1) is 17.0. The van der Waals surface area contributed by atoms with E-state index in [1.807, 2.05) is 30.3 Å². The molecule has 2 N–H and O–H groups in total. The van der Waals surface area contributed by atoms with Gasteiger partial charge < -0.3 is 29.4 Å². The first kappa shape index (κ1) is 22.6. The van der Waals surface area contributed by atoms with Crippen LogP contribution in [-0.4, -0.2) is 29.8 Å². The lowest BCUT2D eigenvalue weighted by Crippen LogP contribution is -2.35. The number of methoxy groups -OCH3 is 1. The highest BCUT2D eigenvalue weighted by molar-refractivity contribution is 6.30. The molecular formula is C26H22ClN3O5. The van der Waals surface area contributed by atoms with Crippen molar-refractivity contribution >= 4 is 34.2 Å². The minimum atomic E-state index is -0.353. The molecule has 9 heteroatoms. The van der Waals surface area contributed by atoms with Gasteiger partial charge >= 0.3 is 6.03 Å². The predicted octanol–water partition coefficient (Wildman–Crippen LogP) is 5.15. The van der Waals surface area contributed by atoms with Crippen LogP contribution in [0, 0.1) is 0 Å². The average Bonchev–Trinajstić information content (AvgIpc) is 3.31. The molecule has 1 aromatic heterocycles. The first-order valence-corrected chi connectivity index (χ1v) is 11.3. The lowest BCUT2D eigenvalue weighted by molar-refractivity contribution is 0.174. The fraction of sp³-hybridized carbons (Fsp3) is 0.154. The summed E-state index contributed by atoms with van der Waals surface area (Å²) in [5.41, 5.74) is 2.28. The van der Waals surface area contributed by atoms with Gasteiger partial charge in [0.1, 0.15) is 5.75 Å². The van der Waals surface area contributed by atoms with Crippen molar-refractivity contribution < 1.29 is 19.0 Å². The predicted molar refractivity (Wildman–Crippen MR) is 133 cm³/mol. The number of amides is 2. The van der Waals surface area contributed by atoms with Crippen LogP contribution in [0.2, 0.25) is 5.02 Å². The number of benzene rings is 3. The molecule has 35 heavy (non-hydrogen) atoms. The molecule has 0 radical (unpaired) electrons. The monoisotopic (exact) mass is 491 g/mol. The summed E-state index contributed by atoms with van der Waals surface area (Å²) >= 11 is 5.96. The smallest absolute Gasteiger partial charge is 0.322 e. The third-order valence-electron chi connectivity index (χ3n) is 5.69. The maximum atomic E-state index is 13.3. The summed E-state index contributed by atoms with van der Waals surface area (Å²) in [6, 6.07) is 19.2. The van der Waals surface area contributed by atoms with E-state index in [1.54, 1.807) is 48.4 Å². The zero-order valence-electron chi connectivity index (χ0n) is 18.8. The van der Waals surface area contributed by atoms with Gasteiger partial charge in [-0.15, -0.1) is 0 Å². The third-order valence-corrected chi connectivity index (χ3v) is 5.94. The van der Waals surface area contributed by atoms with Crippen LogP contribution in [0.25, 0.3) is 10.9 Å². The number of aromatic nitrogens is 1. The molecule has 1 aliphatic heterocycles. The van der Waals surface area contributed by atoms with Crippen LogP contribution in [0.1, 0.15) is 11.1 Å². The summed E-state index contributed by atoms with van der Waals surface area (Å²) in [6.07, 6.45) is 0. The molecule has 8 nitrogen and oxygen atoms in total. The van der Waals surface area contributed by atoms with Crippen molar-refractivity contribution in [2.75, 3.05) is 19.2 Å². The summed E-state index contributed by atoms with van der Waals surface area (Å²) < 4.78 is 16.1. The van der Waals surface area contributed by atoms with Gasteiger partial charge in [-0.3, -0.25) is 4.79 Å². The normalized spacial score (nSPS) is 11.9. The Morgan fingerprint density at radius 3 is 2.46 bits per heavy atom. The molecule has 0 unspecified atom stereocenters. The van der Waals surface area contributed by atoms with Crippen molar-refractivity contribution in [2.45, 2.75) is 13.1 Å². The molecule has 0 aliphatic carbocycles. The molecular weight excluding hydrogens is 470 g/mol. The van der Waals surface area contributed by atoms with E-state index in [9.17, 15) is 9.59 Å². The van der Waals surface area contributed by atoms with Gasteiger partial charge in [0.05, 0.1) is 19.2 Å². The maximum absolute atomic E-state index is 13.3. The topological polar surface area (TPSA) is 92.9 Å². The molecule has 0 fully saturated rings. The molecule has 1 aliphatic rings. The summed E-state index contributed by atoms with van der Waals surface area (Å²) in [6.45, 7) is 0.510. The molecule has 178 valence electrons. The molecule has 4 aromatic rings. The highest BCUT2D eigenvalue weighted by Crippen LogP contribution is 2.35. The second-order valence-electron chi connectivity index (χ2n) is 8.06. The third kappa shape index (κ3) is 5.02. The number of ether oxygens (including phenoxy) is 3. The van der Waals surface area contributed by atoms with Crippen molar-refractivity contribution in [3.63, 3.8) is 0 Å². The Bertz CT molecular complexity index is 1430. The number of H-pyrrole nitrogens is 1. The van der Waals surface area contributed by atoms with E-state index < -0.39 is 0 Å². The number of nitrogens with one attached hydrogen (secondary N) is 2. The van der Waals surface area contributed by atoms with Gasteiger partial charge in [0.15, 0.2) is 11.5 Å². The standard InChI is InChI=1S/C26H22ClN3O5/c1-33-21-8-2-16(3-9-21)13-30(26(32)28-20-6-4-19(27)5-7-20)14-18-10-17-11-23-24(35-15-34-23)12-22(17)29-25(18)31/h2-12H,13-15H2,1H3,(H,28,32)(H,29,31). The highest BCUT2D eigenvalue weighted by atomic mass is 35.5. The fourth-order valence-corrected chi connectivity index (χ4v) is 3.98. The number of carbonyl (C=O) groups excluding carboxylic acids is 1. The van der Waals surface area contributed by atoms with E-state index in [1.165, 1.54) is 0 Å². The van der Waals surface area contributed by atoms with Crippen LogP contribution in [0.15, 0.2) is 71.5 Å². The number of pyridine rings is 1. The quantitative estimate of drug-likeness (QED) is 0.389. The number of halogens is 1. The van der Waals surface area contributed by atoms with Crippen LogP contribution >= 0.6 is 11.6 Å². The molecule has 2 heterocycles. The van der Waals surface area contributed by atoms with Gasteiger partial charge in [0.2, 0.25) is 6.79 Å². The SMILES string of the molecule is COc1ccc(CN(Cc2cc3cc4c(cc3[nH]c2=O)OCO4)C(=O)Nc2ccc(Cl)cc2)cc1. The molecule has 0 saturated carbocycles. The summed E-state index contributed by atoms with van der Waals surface area (Å²) in [5, 5.41) is 4.23. The van der Waals surface area contributed by atoms with Crippen LogP contribution in [0.4, 0.5) is 10.5 Å². The fourth-order valence-electron chi connectivity index (χ4n) is 3.85. The number of nitrogens with zero attached hydrogens (tertiary/aromatic N) is 1. The molecule has 0 atom stereocenters. The van der Waals surface area contributed by atoms with Crippen molar-refractivity contribution in [1.29, 1.82) is 0 Å². The molecule has 5 rings (SSSR count). The Morgan fingerprint density at radius 1 is 1.03 bits per heavy atom. The summed E-state index contributed by atoms with van der Waals surface area (Å²) in [7, 11) is 1.60. The number of rotatable bonds is 6. The minimum absolute atomic E-state index is 0.0885. The zero-order chi connectivity index (χ0) is 24.4. The van der Waals surface area contributed by atoms with Crippen molar-refractivity contribution in [2.24, 2.45) is 0 Å². The van der Waals surface area contributed by atoms with Crippen LogP contribution in [-0.2, 0) is 13.1 Å². The van der Waals surface area contributed by atoms with Gasteiger partial charge in [-0.25, -0.2) is 4.79 Å². The van der Waals surface area contributed by atoms with E-state index in [0.717, 1.165) is 16.7 Å². The Balaban J connectivity index is 1.45. The molecule has 2 amide bonds. The van der Waals surface area contributed by atoms with Crippen molar-refractivity contribution in [3.05, 3.63) is 93.2 Å². The van der Waals surface area contributed by atoms with Gasteiger partial charge in [0.25, 0.3) is 5.56 Å². The van der Waals surface area contributed by atoms with Crippen LogP contribution < -0.4 is 25.1 Å². The Hall–Kier alpha value is -4.17. The summed E-state index contributed by atoms with van der Waals surface area (Å²) in [4.78, 5) is 30.6. The van der Waals surface area contributed by atoms with Gasteiger partial charge in [0, 0.05) is 34.3 Å². The number of urea groups is 1. The number of aromatic amines is 1. The molecule has 3 aromatic carbocycles. The molecule has 0 saturated heterocycles. The zero-order valence-corrected chi connectivity index (χ0v) is 19.6. The van der Waals surface area contributed by atoms with E-state index in [4.69, 9.17) is 25.8 Å². The lowest BCUT2D eigenvalue weighted by Gasteiger charge is -2.23. The second kappa shape index (κ2) is 9.60. The van der Waals surface area contributed by atoms with Gasteiger partial charge in [-0.2, -0.15) is 0 Å². The van der Waals surface area contributed by atoms with Crippen molar-refractivity contribution in [1.82, 2.24) is 9.88 Å². The molecule has 0 spiro atoms. The Kier molecular flexibility index (Phi) is 6.20. The van der Waals surface area contributed by atoms with Crippen molar-refractivity contribution in [3.8, 4) is 17.2 Å². The summed E-state index contributed by atoms with van der Waals surface area (Å²) in [5.74, 6) is 1.92. The van der Waals surface area contributed by atoms with Crippen LogP contribution in [0.5, 0.6) is 17.2 Å².